The first-order chi connectivity index (χ1) is 10.1. The highest BCUT2D eigenvalue weighted by atomic mass is 16.4. The average molecular weight is 280 g/mol. The van der Waals surface area contributed by atoms with Crippen LogP contribution in [0, 0.1) is 0 Å². The van der Waals surface area contributed by atoms with Crippen LogP contribution in [0.1, 0.15) is 51.7 Å². The third kappa shape index (κ3) is 1.67. The van der Waals surface area contributed by atoms with Gasteiger partial charge in [0.2, 0.25) is 0 Å². The summed E-state index contributed by atoms with van der Waals surface area (Å²) in [5, 5.41) is 20.4. The summed E-state index contributed by atoms with van der Waals surface area (Å²) >= 11 is 0. The van der Waals surface area contributed by atoms with Crippen LogP contribution in [-0.4, -0.2) is 16.2 Å². The zero-order valence-corrected chi connectivity index (χ0v) is 11.5. The molecule has 0 heterocycles. The van der Waals surface area contributed by atoms with Crippen LogP contribution < -0.4 is 0 Å². The molecule has 0 amide bonds. The summed E-state index contributed by atoms with van der Waals surface area (Å²) in [6.07, 6.45) is 1.63. The molecule has 3 heteroatoms. The van der Waals surface area contributed by atoms with Crippen molar-refractivity contribution < 1.29 is 15.0 Å². The Bertz CT molecular complexity index is 722. The standard InChI is InChI=1S/C18H16O3/c19-17(20)11-6-7-14-12-9-16(15(14)8-11)18(21,10-12)13-4-2-1-3-5-13/h1-8,12,16,21H,9-10H2,(H,19,20)/t12-,16-,18+/m0/s1. The summed E-state index contributed by atoms with van der Waals surface area (Å²) in [6, 6.07) is 15.1. The van der Waals surface area contributed by atoms with E-state index in [-0.39, 0.29) is 5.92 Å². The van der Waals surface area contributed by atoms with Gasteiger partial charge >= 0.3 is 5.97 Å². The van der Waals surface area contributed by atoms with Gasteiger partial charge in [-0.3, -0.25) is 0 Å². The number of fused-ring (bicyclic) bond motifs is 5. The van der Waals surface area contributed by atoms with Gasteiger partial charge in [-0.2, -0.15) is 0 Å². The molecular weight excluding hydrogens is 264 g/mol. The van der Waals surface area contributed by atoms with Gasteiger partial charge in [0.25, 0.3) is 0 Å². The Hall–Kier alpha value is -2.13. The van der Waals surface area contributed by atoms with E-state index in [0.29, 0.717) is 11.5 Å². The summed E-state index contributed by atoms with van der Waals surface area (Å²) in [7, 11) is 0. The molecule has 2 bridgehead atoms. The van der Waals surface area contributed by atoms with E-state index in [1.165, 1.54) is 5.56 Å². The molecular formula is C18H16O3. The smallest absolute Gasteiger partial charge is 0.335 e. The van der Waals surface area contributed by atoms with E-state index in [2.05, 4.69) is 0 Å². The van der Waals surface area contributed by atoms with Crippen LogP contribution in [0.25, 0.3) is 0 Å². The Kier molecular flexibility index (Phi) is 2.51. The van der Waals surface area contributed by atoms with E-state index in [1.54, 1.807) is 12.1 Å². The number of aliphatic hydroxyl groups is 1. The number of carboxylic acids is 1. The SMILES string of the molecule is O=C(O)c1ccc2c(c1)[C@@H]1C[C@H]2C[C@@]1(O)c1ccccc1. The van der Waals surface area contributed by atoms with E-state index < -0.39 is 11.6 Å². The minimum Gasteiger partial charge on any atom is -0.478 e. The van der Waals surface area contributed by atoms with Crippen LogP contribution in [0.5, 0.6) is 0 Å². The molecule has 0 radical (unpaired) electrons. The lowest BCUT2D eigenvalue weighted by Crippen LogP contribution is -2.31. The fourth-order valence-electron chi connectivity index (χ4n) is 4.13. The van der Waals surface area contributed by atoms with Gasteiger partial charge in [0.15, 0.2) is 0 Å². The molecule has 3 nitrogen and oxygen atoms in total. The highest BCUT2D eigenvalue weighted by Crippen LogP contribution is 2.61. The molecule has 1 saturated carbocycles. The second kappa shape index (κ2) is 4.18. The molecule has 3 atom stereocenters. The molecule has 2 aromatic carbocycles. The summed E-state index contributed by atoms with van der Waals surface area (Å²) in [4.78, 5) is 11.2. The largest absolute Gasteiger partial charge is 0.478 e. The highest BCUT2D eigenvalue weighted by Gasteiger charge is 2.53. The lowest BCUT2D eigenvalue weighted by molar-refractivity contribution is 0.0208. The quantitative estimate of drug-likeness (QED) is 0.887. The summed E-state index contributed by atoms with van der Waals surface area (Å²) < 4.78 is 0. The maximum atomic E-state index is 11.2. The first-order valence-corrected chi connectivity index (χ1v) is 7.24. The van der Waals surface area contributed by atoms with E-state index in [0.717, 1.165) is 24.0 Å². The number of hydrogen-bond donors (Lipinski definition) is 2. The van der Waals surface area contributed by atoms with Crippen molar-refractivity contribution in [3.63, 3.8) is 0 Å². The number of benzene rings is 2. The summed E-state index contributed by atoms with van der Waals surface area (Å²) in [5.74, 6) is -0.582. The van der Waals surface area contributed by atoms with Crippen molar-refractivity contribution in [3.05, 3.63) is 70.8 Å². The van der Waals surface area contributed by atoms with E-state index in [1.807, 2.05) is 36.4 Å². The Morgan fingerprint density at radius 3 is 2.57 bits per heavy atom. The molecule has 2 aliphatic rings. The predicted molar refractivity (Wildman–Crippen MR) is 78.5 cm³/mol. The zero-order chi connectivity index (χ0) is 14.6. The summed E-state index contributed by atoms with van der Waals surface area (Å²) in [5.41, 5.74) is 2.60. The van der Waals surface area contributed by atoms with E-state index in [4.69, 9.17) is 0 Å². The van der Waals surface area contributed by atoms with E-state index >= 15 is 0 Å². The predicted octanol–water partition coefficient (Wildman–Crippen LogP) is 3.25. The molecule has 2 aliphatic carbocycles. The van der Waals surface area contributed by atoms with Crippen molar-refractivity contribution in [2.45, 2.75) is 30.3 Å². The number of hydrogen-bond acceptors (Lipinski definition) is 2. The first kappa shape index (κ1) is 12.6. The summed E-state index contributed by atoms with van der Waals surface area (Å²) in [6.45, 7) is 0. The number of rotatable bonds is 2. The fraction of sp³-hybridized carbons (Fsp3) is 0.278. The molecule has 0 aliphatic heterocycles. The van der Waals surface area contributed by atoms with Gasteiger partial charge in [-0.1, -0.05) is 36.4 Å². The molecule has 0 spiro atoms. The van der Waals surface area contributed by atoms with Gasteiger partial charge in [0.05, 0.1) is 11.2 Å². The lowest BCUT2D eigenvalue weighted by Gasteiger charge is -2.34. The third-order valence-electron chi connectivity index (χ3n) is 5.08. The molecule has 106 valence electrons. The molecule has 21 heavy (non-hydrogen) atoms. The molecule has 1 fully saturated rings. The molecule has 2 N–H and O–H groups in total. The Balaban J connectivity index is 1.82. The molecule has 0 unspecified atom stereocenters. The van der Waals surface area contributed by atoms with Gasteiger partial charge in [0, 0.05) is 5.92 Å². The van der Waals surface area contributed by atoms with Crippen LogP contribution in [0.3, 0.4) is 0 Å². The monoisotopic (exact) mass is 280 g/mol. The zero-order valence-electron chi connectivity index (χ0n) is 11.5. The van der Waals surface area contributed by atoms with Crippen molar-refractivity contribution >= 4 is 5.97 Å². The normalized spacial score (nSPS) is 29.4. The lowest BCUT2D eigenvalue weighted by atomic mass is 9.75. The number of carbonyl (C=O) groups is 1. The van der Waals surface area contributed by atoms with Crippen molar-refractivity contribution in [2.24, 2.45) is 0 Å². The van der Waals surface area contributed by atoms with Crippen LogP contribution in [0.2, 0.25) is 0 Å². The van der Waals surface area contributed by atoms with Crippen molar-refractivity contribution in [1.82, 2.24) is 0 Å². The van der Waals surface area contributed by atoms with Crippen molar-refractivity contribution in [1.29, 1.82) is 0 Å². The average Bonchev–Trinajstić information content (AvgIpc) is 3.04. The van der Waals surface area contributed by atoms with Crippen LogP contribution in [0.4, 0.5) is 0 Å². The minimum absolute atomic E-state index is 0.000741. The molecule has 2 aromatic rings. The number of aromatic carboxylic acids is 1. The van der Waals surface area contributed by atoms with Gasteiger partial charge in [-0.05, 0) is 47.6 Å². The van der Waals surface area contributed by atoms with Gasteiger partial charge in [0.1, 0.15) is 0 Å². The fourth-order valence-corrected chi connectivity index (χ4v) is 4.13. The topological polar surface area (TPSA) is 57.5 Å². The number of carboxylic acid groups (broad SMARTS) is 1. The second-order valence-corrected chi connectivity index (χ2v) is 6.13. The third-order valence-corrected chi connectivity index (χ3v) is 5.08. The molecule has 4 rings (SSSR count). The Morgan fingerprint density at radius 1 is 1.10 bits per heavy atom. The van der Waals surface area contributed by atoms with Crippen molar-refractivity contribution in [3.8, 4) is 0 Å². The van der Waals surface area contributed by atoms with Gasteiger partial charge in [-0.25, -0.2) is 4.79 Å². The minimum atomic E-state index is -0.913. The Labute approximate surface area is 122 Å². The molecule has 0 saturated heterocycles. The maximum absolute atomic E-state index is 11.2. The molecule has 0 aromatic heterocycles. The van der Waals surface area contributed by atoms with Crippen LogP contribution in [0.15, 0.2) is 48.5 Å². The highest BCUT2D eigenvalue weighted by molar-refractivity contribution is 5.88. The van der Waals surface area contributed by atoms with Gasteiger partial charge < -0.3 is 10.2 Å². The Morgan fingerprint density at radius 2 is 1.86 bits per heavy atom. The second-order valence-electron chi connectivity index (χ2n) is 6.13. The van der Waals surface area contributed by atoms with E-state index in [9.17, 15) is 15.0 Å². The van der Waals surface area contributed by atoms with Gasteiger partial charge in [-0.15, -0.1) is 0 Å². The maximum Gasteiger partial charge on any atom is 0.335 e. The van der Waals surface area contributed by atoms with Crippen LogP contribution >= 0.6 is 0 Å². The van der Waals surface area contributed by atoms with Crippen LogP contribution in [-0.2, 0) is 5.60 Å². The van der Waals surface area contributed by atoms with Crippen molar-refractivity contribution in [2.75, 3.05) is 0 Å². The first-order valence-electron chi connectivity index (χ1n) is 7.24.